The number of nitrogens with two attached hydrogens (primary N) is 2. The molecule has 2 atom stereocenters. The SMILES string of the molecule is CC1CCCC(N)(c2nc3nc(N)[nH]c(=O)c3[nH]2)C1. The number of fused-ring (bicyclic) bond motifs is 1. The molecule has 1 fully saturated rings. The maximum Gasteiger partial charge on any atom is 0.278 e. The van der Waals surface area contributed by atoms with Gasteiger partial charge in [0, 0.05) is 0 Å². The average Bonchev–Trinajstić information content (AvgIpc) is 2.73. The molecule has 19 heavy (non-hydrogen) atoms. The van der Waals surface area contributed by atoms with Gasteiger partial charge in [0.1, 0.15) is 5.82 Å². The molecular formula is C12H18N6O. The molecule has 102 valence electrons. The normalized spacial score (nSPS) is 27.8. The van der Waals surface area contributed by atoms with Crippen LogP contribution in [0.5, 0.6) is 0 Å². The van der Waals surface area contributed by atoms with Gasteiger partial charge in [0.15, 0.2) is 11.2 Å². The number of hydrogen-bond acceptors (Lipinski definition) is 5. The monoisotopic (exact) mass is 262 g/mol. The Morgan fingerprint density at radius 1 is 1.37 bits per heavy atom. The quantitative estimate of drug-likeness (QED) is 0.598. The van der Waals surface area contributed by atoms with E-state index < -0.39 is 5.54 Å². The van der Waals surface area contributed by atoms with E-state index in [1.54, 1.807) is 0 Å². The number of nitrogen functional groups attached to an aromatic ring is 1. The van der Waals surface area contributed by atoms with E-state index in [0.29, 0.717) is 22.9 Å². The third kappa shape index (κ3) is 1.99. The number of hydrogen-bond donors (Lipinski definition) is 4. The largest absolute Gasteiger partial charge is 0.369 e. The number of imidazole rings is 1. The molecule has 0 aromatic carbocycles. The summed E-state index contributed by atoms with van der Waals surface area (Å²) >= 11 is 0. The van der Waals surface area contributed by atoms with Gasteiger partial charge in [-0.3, -0.25) is 9.78 Å². The maximum atomic E-state index is 11.8. The molecule has 1 saturated carbocycles. The lowest BCUT2D eigenvalue weighted by atomic mass is 9.76. The van der Waals surface area contributed by atoms with E-state index in [4.69, 9.17) is 11.5 Å². The molecule has 7 heteroatoms. The summed E-state index contributed by atoms with van der Waals surface area (Å²) in [5, 5.41) is 0. The van der Waals surface area contributed by atoms with Crippen LogP contribution in [0.15, 0.2) is 4.79 Å². The molecular weight excluding hydrogens is 244 g/mol. The Morgan fingerprint density at radius 2 is 2.16 bits per heavy atom. The summed E-state index contributed by atoms with van der Waals surface area (Å²) in [5.41, 5.74) is 11.8. The number of aromatic nitrogens is 4. The predicted octanol–water partition coefficient (Wildman–Crippen LogP) is 0.592. The summed E-state index contributed by atoms with van der Waals surface area (Å²) in [6.07, 6.45) is 3.98. The summed E-state index contributed by atoms with van der Waals surface area (Å²) < 4.78 is 0. The van der Waals surface area contributed by atoms with Crippen LogP contribution in [0.3, 0.4) is 0 Å². The van der Waals surface area contributed by atoms with Gasteiger partial charge in [-0.05, 0) is 18.8 Å². The van der Waals surface area contributed by atoms with Crippen molar-refractivity contribution in [2.45, 2.75) is 38.1 Å². The minimum absolute atomic E-state index is 0.0682. The Balaban J connectivity index is 2.10. The van der Waals surface area contributed by atoms with Gasteiger partial charge >= 0.3 is 0 Å². The molecule has 0 saturated heterocycles. The highest BCUT2D eigenvalue weighted by Gasteiger charge is 2.35. The maximum absolute atomic E-state index is 11.8. The highest BCUT2D eigenvalue weighted by molar-refractivity contribution is 5.70. The molecule has 2 heterocycles. The average molecular weight is 262 g/mol. The van der Waals surface area contributed by atoms with Gasteiger partial charge in [-0.15, -0.1) is 0 Å². The zero-order chi connectivity index (χ0) is 13.6. The zero-order valence-corrected chi connectivity index (χ0v) is 10.9. The third-order valence-electron chi connectivity index (χ3n) is 3.88. The molecule has 1 aliphatic carbocycles. The first-order valence-corrected chi connectivity index (χ1v) is 6.53. The van der Waals surface area contributed by atoms with E-state index in [0.717, 1.165) is 19.3 Å². The number of anilines is 1. The van der Waals surface area contributed by atoms with Gasteiger partial charge in [0.25, 0.3) is 5.56 Å². The molecule has 0 radical (unpaired) electrons. The highest BCUT2D eigenvalue weighted by Crippen LogP contribution is 2.36. The lowest BCUT2D eigenvalue weighted by Gasteiger charge is -2.34. The fourth-order valence-electron chi connectivity index (χ4n) is 2.97. The molecule has 7 nitrogen and oxygen atoms in total. The van der Waals surface area contributed by atoms with Crippen molar-refractivity contribution < 1.29 is 0 Å². The molecule has 1 aliphatic rings. The molecule has 0 bridgehead atoms. The van der Waals surface area contributed by atoms with Crippen molar-refractivity contribution in [1.29, 1.82) is 0 Å². The molecule has 2 aromatic rings. The van der Waals surface area contributed by atoms with Crippen LogP contribution >= 0.6 is 0 Å². The number of rotatable bonds is 1. The van der Waals surface area contributed by atoms with Crippen molar-refractivity contribution in [3.05, 3.63) is 16.2 Å². The first-order valence-electron chi connectivity index (χ1n) is 6.53. The standard InChI is InChI=1S/C12H18N6O/c1-6-3-2-4-12(14,5-6)10-15-7-8(16-10)17-11(13)18-9(7)19/h6H,2-5,14H2,1H3,(H4,13,15,16,17,18,19). The van der Waals surface area contributed by atoms with E-state index in [-0.39, 0.29) is 11.5 Å². The molecule has 3 rings (SSSR count). The topological polar surface area (TPSA) is 126 Å². The second kappa shape index (κ2) is 4.06. The van der Waals surface area contributed by atoms with Crippen molar-refractivity contribution >= 4 is 17.1 Å². The summed E-state index contributed by atoms with van der Waals surface area (Å²) in [7, 11) is 0. The smallest absolute Gasteiger partial charge is 0.278 e. The number of aromatic amines is 2. The number of nitrogens with one attached hydrogen (secondary N) is 2. The minimum Gasteiger partial charge on any atom is -0.369 e. The molecule has 0 aliphatic heterocycles. The summed E-state index contributed by atoms with van der Waals surface area (Å²) in [5.74, 6) is 1.26. The Labute approximate surface area is 109 Å². The van der Waals surface area contributed by atoms with E-state index in [9.17, 15) is 4.79 Å². The van der Waals surface area contributed by atoms with Crippen LogP contribution in [-0.4, -0.2) is 19.9 Å². The lowest BCUT2D eigenvalue weighted by molar-refractivity contribution is 0.230. The van der Waals surface area contributed by atoms with Gasteiger partial charge in [-0.1, -0.05) is 19.8 Å². The predicted molar refractivity (Wildman–Crippen MR) is 72.4 cm³/mol. The first-order chi connectivity index (χ1) is 8.98. The Kier molecular flexibility index (Phi) is 2.60. The van der Waals surface area contributed by atoms with Crippen LogP contribution in [0.1, 0.15) is 38.4 Å². The van der Waals surface area contributed by atoms with Crippen LogP contribution < -0.4 is 17.0 Å². The molecule has 2 aromatic heterocycles. The van der Waals surface area contributed by atoms with Crippen molar-refractivity contribution in [3.63, 3.8) is 0 Å². The van der Waals surface area contributed by atoms with Crippen LogP contribution in [0, 0.1) is 5.92 Å². The van der Waals surface area contributed by atoms with Gasteiger partial charge in [0.05, 0.1) is 5.54 Å². The highest BCUT2D eigenvalue weighted by atomic mass is 16.1. The van der Waals surface area contributed by atoms with Crippen LogP contribution in [-0.2, 0) is 5.54 Å². The molecule has 0 spiro atoms. The van der Waals surface area contributed by atoms with Crippen molar-refractivity contribution in [3.8, 4) is 0 Å². The van der Waals surface area contributed by atoms with Crippen molar-refractivity contribution in [2.75, 3.05) is 5.73 Å². The van der Waals surface area contributed by atoms with Crippen LogP contribution in [0.2, 0.25) is 0 Å². The summed E-state index contributed by atoms with van der Waals surface area (Å²) in [4.78, 5) is 25.6. The Morgan fingerprint density at radius 3 is 2.89 bits per heavy atom. The van der Waals surface area contributed by atoms with Crippen LogP contribution in [0.25, 0.3) is 11.2 Å². The Hall–Kier alpha value is -1.89. The van der Waals surface area contributed by atoms with E-state index in [1.807, 2.05) is 0 Å². The first kappa shape index (κ1) is 12.2. The molecule has 6 N–H and O–H groups in total. The number of nitrogens with zero attached hydrogens (tertiary/aromatic N) is 2. The minimum atomic E-state index is -0.500. The van der Waals surface area contributed by atoms with Crippen LogP contribution in [0.4, 0.5) is 5.95 Å². The molecule has 0 amide bonds. The van der Waals surface area contributed by atoms with Crippen molar-refractivity contribution in [1.82, 2.24) is 19.9 Å². The second-order valence-corrected chi connectivity index (χ2v) is 5.59. The zero-order valence-electron chi connectivity index (χ0n) is 10.9. The summed E-state index contributed by atoms with van der Waals surface area (Å²) in [6, 6.07) is 0. The van der Waals surface area contributed by atoms with E-state index in [2.05, 4.69) is 26.9 Å². The van der Waals surface area contributed by atoms with Gasteiger partial charge in [-0.25, -0.2) is 4.98 Å². The van der Waals surface area contributed by atoms with Crippen molar-refractivity contribution in [2.24, 2.45) is 11.7 Å². The summed E-state index contributed by atoms with van der Waals surface area (Å²) in [6.45, 7) is 2.19. The lowest BCUT2D eigenvalue weighted by Crippen LogP contribution is -2.42. The number of H-pyrrole nitrogens is 2. The van der Waals surface area contributed by atoms with Gasteiger partial charge < -0.3 is 16.5 Å². The molecule has 2 unspecified atom stereocenters. The second-order valence-electron chi connectivity index (χ2n) is 5.59. The fourth-order valence-corrected chi connectivity index (χ4v) is 2.97. The third-order valence-corrected chi connectivity index (χ3v) is 3.88. The Bertz CT molecular complexity index is 674. The van der Waals surface area contributed by atoms with Gasteiger partial charge in [-0.2, -0.15) is 4.98 Å². The van der Waals surface area contributed by atoms with Gasteiger partial charge in [0.2, 0.25) is 5.95 Å². The fraction of sp³-hybridized carbons (Fsp3) is 0.583. The van der Waals surface area contributed by atoms with E-state index >= 15 is 0 Å². The van der Waals surface area contributed by atoms with E-state index in [1.165, 1.54) is 6.42 Å².